The van der Waals surface area contributed by atoms with Crippen molar-refractivity contribution in [3.05, 3.63) is 54.1 Å². The van der Waals surface area contributed by atoms with Gasteiger partial charge in [-0.1, -0.05) is 0 Å². The number of carbonyl (C=O) groups is 1. The first-order chi connectivity index (χ1) is 11.1. The molecule has 1 unspecified atom stereocenters. The van der Waals surface area contributed by atoms with Crippen LogP contribution in [0.15, 0.2) is 36.9 Å². The first-order valence-electron chi connectivity index (χ1n) is 7.36. The summed E-state index contributed by atoms with van der Waals surface area (Å²) in [5.41, 5.74) is 1.08. The quantitative estimate of drug-likeness (QED) is 0.937. The normalized spacial score (nSPS) is 17.3. The number of nitrogens with one attached hydrogen (secondary N) is 1. The Morgan fingerprint density at radius 2 is 2.04 bits per heavy atom. The van der Waals surface area contributed by atoms with Gasteiger partial charge in [0.05, 0.1) is 5.56 Å². The van der Waals surface area contributed by atoms with Gasteiger partial charge in [0.1, 0.15) is 6.33 Å². The van der Waals surface area contributed by atoms with Crippen LogP contribution in [0.1, 0.15) is 16.8 Å². The molecular weight excluding hydrogens is 302 g/mol. The number of nitrogens with zero attached hydrogens (tertiary/aromatic N) is 3. The van der Waals surface area contributed by atoms with Gasteiger partial charge in [-0.3, -0.25) is 4.79 Å². The van der Waals surface area contributed by atoms with Crippen molar-refractivity contribution in [2.45, 2.75) is 6.42 Å². The Labute approximate surface area is 132 Å². The summed E-state index contributed by atoms with van der Waals surface area (Å²) >= 11 is 0. The lowest BCUT2D eigenvalue weighted by Crippen LogP contribution is -2.31. The number of amides is 1. The molecule has 0 spiro atoms. The highest BCUT2D eigenvalue weighted by molar-refractivity contribution is 5.93. The number of hydrogen-bond donors (Lipinski definition) is 1. The molecule has 1 aromatic heterocycles. The molecule has 1 saturated heterocycles. The number of benzene rings is 1. The van der Waals surface area contributed by atoms with Gasteiger partial charge in [0.2, 0.25) is 0 Å². The minimum atomic E-state index is -0.846. The lowest BCUT2D eigenvalue weighted by molar-refractivity contribution is 0.0947. The van der Waals surface area contributed by atoms with Crippen molar-refractivity contribution in [1.29, 1.82) is 0 Å². The Morgan fingerprint density at radius 1 is 1.26 bits per heavy atom. The van der Waals surface area contributed by atoms with Crippen LogP contribution in [0.25, 0.3) is 0 Å². The summed E-state index contributed by atoms with van der Waals surface area (Å²) in [6.45, 7) is 1.96. The molecule has 3 rings (SSSR count). The van der Waals surface area contributed by atoms with Crippen molar-refractivity contribution < 1.29 is 13.6 Å². The number of anilines is 1. The molecule has 5 nitrogen and oxygen atoms in total. The largest absolute Gasteiger partial charge is 0.371 e. The lowest BCUT2D eigenvalue weighted by Gasteiger charge is -2.19. The minimum Gasteiger partial charge on any atom is -0.371 e. The average molecular weight is 318 g/mol. The third-order valence-corrected chi connectivity index (χ3v) is 3.93. The summed E-state index contributed by atoms with van der Waals surface area (Å²) in [6.07, 6.45) is 5.17. The first kappa shape index (κ1) is 15.3. The van der Waals surface area contributed by atoms with Gasteiger partial charge in [-0.15, -0.1) is 0 Å². The van der Waals surface area contributed by atoms with E-state index in [2.05, 4.69) is 15.3 Å². The molecule has 1 aliphatic rings. The zero-order valence-corrected chi connectivity index (χ0v) is 12.4. The Hall–Kier alpha value is -2.57. The van der Waals surface area contributed by atoms with E-state index >= 15 is 0 Å². The zero-order chi connectivity index (χ0) is 16.2. The molecule has 1 atom stereocenters. The molecule has 1 fully saturated rings. The van der Waals surface area contributed by atoms with Crippen molar-refractivity contribution in [3.63, 3.8) is 0 Å². The van der Waals surface area contributed by atoms with Crippen LogP contribution in [0.4, 0.5) is 14.5 Å². The van der Waals surface area contributed by atoms with E-state index in [1.165, 1.54) is 24.8 Å². The smallest absolute Gasteiger partial charge is 0.254 e. The maximum absolute atomic E-state index is 13.3. The molecule has 0 aliphatic carbocycles. The molecule has 7 heteroatoms. The van der Waals surface area contributed by atoms with Gasteiger partial charge in [0.25, 0.3) is 5.91 Å². The topological polar surface area (TPSA) is 58.1 Å². The van der Waals surface area contributed by atoms with Crippen LogP contribution in [0, 0.1) is 17.6 Å². The minimum absolute atomic E-state index is 0.211. The Kier molecular flexibility index (Phi) is 4.45. The highest BCUT2D eigenvalue weighted by Crippen LogP contribution is 2.25. The fourth-order valence-corrected chi connectivity index (χ4v) is 2.67. The summed E-state index contributed by atoms with van der Waals surface area (Å²) in [5.74, 6) is -1.64. The van der Waals surface area contributed by atoms with E-state index in [9.17, 15) is 13.6 Å². The monoisotopic (exact) mass is 318 g/mol. The standard InChI is InChI=1S/C16H16F2N4O/c17-14-2-1-13(5-15(14)18)22-4-3-11(9-22)6-21-16(23)12-7-19-10-20-8-12/h1-2,5,7-8,10-11H,3-4,6,9H2,(H,21,23). The van der Waals surface area contributed by atoms with Crippen LogP contribution in [0.3, 0.4) is 0 Å². The summed E-state index contributed by atoms with van der Waals surface area (Å²) in [4.78, 5) is 21.5. The van der Waals surface area contributed by atoms with Crippen molar-refractivity contribution in [2.75, 3.05) is 24.5 Å². The highest BCUT2D eigenvalue weighted by atomic mass is 19.2. The average Bonchev–Trinajstić information content (AvgIpc) is 3.05. The van der Waals surface area contributed by atoms with E-state index < -0.39 is 11.6 Å². The predicted octanol–water partition coefficient (Wildman–Crippen LogP) is 2.01. The van der Waals surface area contributed by atoms with E-state index in [1.807, 2.05) is 4.90 Å². The molecule has 2 aromatic rings. The fraction of sp³-hybridized carbons (Fsp3) is 0.312. The Morgan fingerprint density at radius 3 is 2.78 bits per heavy atom. The van der Waals surface area contributed by atoms with Crippen molar-refractivity contribution in [3.8, 4) is 0 Å². The van der Waals surface area contributed by atoms with Crippen molar-refractivity contribution in [2.24, 2.45) is 5.92 Å². The molecule has 0 saturated carbocycles. The lowest BCUT2D eigenvalue weighted by atomic mass is 10.1. The predicted molar refractivity (Wildman–Crippen MR) is 81.0 cm³/mol. The van der Waals surface area contributed by atoms with Crippen LogP contribution < -0.4 is 10.2 Å². The second-order valence-electron chi connectivity index (χ2n) is 5.54. The van der Waals surface area contributed by atoms with E-state index in [4.69, 9.17) is 0 Å². The summed E-state index contributed by atoms with van der Waals surface area (Å²) in [6, 6.07) is 3.91. The summed E-state index contributed by atoms with van der Waals surface area (Å²) < 4.78 is 26.3. The summed E-state index contributed by atoms with van der Waals surface area (Å²) in [5, 5.41) is 2.85. The number of carbonyl (C=O) groups excluding carboxylic acids is 1. The first-order valence-corrected chi connectivity index (χ1v) is 7.36. The van der Waals surface area contributed by atoms with E-state index in [0.29, 0.717) is 24.3 Å². The number of halogens is 2. The molecule has 1 aliphatic heterocycles. The molecule has 1 N–H and O–H groups in total. The van der Waals surface area contributed by atoms with Gasteiger partial charge in [-0.2, -0.15) is 0 Å². The van der Waals surface area contributed by atoms with Gasteiger partial charge in [-0.25, -0.2) is 18.7 Å². The van der Waals surface area contributed by atoms with E-state index in [1.54, 1.807) is 6.07 Å². The number of hydrogen-bond acceptors (Lipinski definition) is 4. The molecule has 1 aromatic carbocycles. The fourth-order valence-electron chi connectivity index (χ4n) is 2.67. The van der Waals surface area contributed by atoms with Gasteiger partial charge in [0, 0.05) is 43.8 Å². The molecule has 0 radical (unpaired) electrons. The van der Waals surface area contributed by atoms with Gasteiger partial charge in [0.15, 0.2) is 11.6 Å². The van der Waals surface area contributed by atoms with Crippen LogP contribution in [-0.4, -0.2) is 35.5 Å². The zero-order valence-electron chi connectivity index (χ0n) is 12.4. The van der Waals surface area contributed by atoms with Crippen LogP contribution in [0.5, 0.6) is 0 Å². The molecule has 1 amide bonds. The molecular formula is C16H16F2N4O. The Bertz CT molecular complexity index is 696. The van der Waals surface area contributed by atoms with Crippen molar-refractivity contribution >= 4 is 11.6 Å². The number of aromatic nitrogens is 2. The third kappa shape index (κ3) is 3.61. The second-order valence-corrected chi connectivity index (χ2v) is 5.54. The Balaban J connectivity index is 1.54. The van der Waals surface area contributed by atoms with Gasteiger partial charge < -0.3 is 10.2 Å². The molecule has 0 bridgehead atoms. The molecule has 2 heterocycles. The van der Waals surface area contributed by atoms with E-state index in [0.717, 1.165) is 19.0 Å². The van der Waals surface area contributed by atoms with Crippen LogP contribution in [-0.2, 0) is 0 Å². The maximum Gasteiger partial charge on any atom is 0.254 e. The highest BCUT2D eigenvalue weighted by Gasteiger charge is 2.24. The molecule has 23 heavy (non-hydrogen) atoms. The van der Waals surface area contributed by atoms with Gasteiger partial charge >= 0.3 is 0 Å². The maximum atomic E-state index is 13.3. The SMILES string of the molecule is O=C(NCC1CCN(c2ccc(F)c(F)c2)C1)c1cncnc1. The second kappa shape index (κ2) is 6.68. The van der Waals surface area contributed by atoms with Gasteiger partial charge in [-0.05, 0) is 24.5 Å². The van der Waals surface area contributed by atoms with Crippen LogP contribution >= 0.6 is 0 Å². The molecule has 120 valence electrons. The third-order valence-electron chi connectivity index (χ3n) is 3.93. The number of rotatable bonds is 4. The van der Waals surface area contributed by atoms with E-state index in [-0.39, 0.29) is 11.8 Å². The van der Waals surface area contributed by atoms with Crippen LogP contribution in [0.2, 0.25) is 0 Å². The summed E-state index contributed by atoms with van der Waals surface area (Å²) in [7, 11) is 0. The van der Waals surface area contributed by atoms with Crippen molar-refractivity contribution in [1.82, 2.24) is 15.3 Å².